The van der Waals surface area contributed by atoms with Crippen LogP contribution in [-0.2, 0) is 6.42 Å². The van der Waals surface area contributed by atoms with Gasteiger partial charge in [-0.25, -0.2) is 4.98 Å². The summed E-state index contributed by atoms with van der Waals surface area (Å²) in [5.74, 6) is 1.98. The van der Waals surface area contributed by atoms with Gasteiger partial charge in [0.15, 0.2) is 0 Å². The van der Waals surface area contributed by atoms with Crippen LogP contribution in [-0.4, -0.2) is 27.6 Å². The van der Waals surface area contributed by atoms with Crippen molar-refractivity contribution in [2.45, 2.75) is 46.0 Å². The van der Waals surface area contributed by atoms with E-state index >= 15 is 0 Å². The summed E-state index contributed by atoms with van der Waals surface area (Å²) in [5, 5.41) is 6.82. The minimum absolute atomic E-state index is 0.189. The molecular weight excluding hydrogens is 312 g/mol. The van der Waals surface area contributed by atoms with Crippen molar-refractivity contribution in [3.8, 4) is 0 Å². The molecule has 0 saturated heterocycles. The van der Waals surface area contributed by atoms with Crippen LogP contribution in [0, 0.1) is 25.4 Å². The summed E-state index contributed by atoms with van der Waals surface area (Å²) in [5.41, 5.74) is 3.14. The van der Waals surface area contributed by atoms with E-state index in [0.717, 1.165) is 41.4 Å². The Morgan fingerprint density at radius 3 is 2.70 bits per heavy atom. The number of amides is 1. The number of carbonyl (C=O) groups excluding carboxylic acids is 1. The van der Waals surface area contributed by atoms with Gasteiger partial charge in [-0.15, -0.1) is 0 Å². The smallest absolute Gasteiger partial charge is 0.256 e. The van der Waals surface area contributed by atoms with E-state index in [9.17, 15) is 4.79 Å². The maximum absolute atomic E-state index is 12.4. The van der Waals surface area contributed by atoms with Crippen LogP contribution >= 0.6 is 12.2 Å². The molecule has 2 aromatic heterocycles. The highest BCUT2D eigenvalue weighted by atomic mass is 32.1. The molecule has 0 unspecified atom stereocenters. The van der Waals surface area contributed by atoms with Gasteiger partial charge in [-0.2, -0.15) is 0 Å². The Hall–Kier alpha value is -2.02. The molecule has 2 N–H and O–H groups in total. The maximum atomic E-state index is 12.4. The third-order valence-electron chi connectivity index (χ3n) is 4.16. The van der Waals surface area contributed by atoms with Crippen molar-refractivity contribution >= 4 is 18.1 Å². The summed E-state index contributed by atoms with van der Waals surface area (Å²) in [4.78, 5) is 20.0. The molecule has 6 nitrogen and oxygen atoms in total. The maximum Gasteiger partial charge on any atom is 0.256 e. The standard InChI is InChI=1S/C16H20N4O2S/c1-8-12(10(3)22-20-8)6-7-17-15(21)13-9(2)18-14(11-4-5-11)19-16(13)23/h11H,4-7H2,1-3H3,(H,17,21)(H,18,19,23). The van der Waals surface area contributed by atoms with E-state index in [1.165, 1.54) is 0 Å². The number of nitrogens with zero attached hydrogens (tertiary/aromatic N) is 2. The van der Waals surface area contributed by atoms with Gasteiger partial charge in [0.25, 0.3) is 5.91 Å². The second-order valence-corrected chi connectivity index (χ2v) is 6.40. The molecule has 3 rings (SSSR count). The van der Waals surface area contributed by atoms with Crippen molar-refractivity contribution in [1.29, 1.82) is 0 Å². The summed E-state index contributed by atoms with van der Waals surface area (Å²) in [6.07, 6.45) is 2.96. The summed E-state index contributed by atoms with van der Waals surface area (Å²) in [6.45, 7) is 6.14. The van der Waals surface area contributed by atoms with Crippen molar-refractivity contribution in [3.05, 3.63) is 38.7 Å². The van der Waals surface area contributed by atoms with Gasteiger partial charge >= 0.3 is 0 Å². The van der Waals surface area contributed by atoms with Gasteiger partial charge in [0.1, 0.15) is 16.2 Å². The molecule has 23 heavy (non-hydrogen) atoms. The molecule has 0 aliphatic heterocycles. The lowest BCUT2D eigenvalue weighted by atomic mass is 10.1. The molecule has 1 aliphatic carbocycles. The molecule has 7 heteroatoms. The van der Waals surface area contributed by atoms with Crippen molar-refractivity contribution < 1.29 is 9.32 Å². The molecular formula is C16H20N4O2S. The van der Waals surface area contributed by atoms with Crippen LogP contribution in [0.2, 0.25) is 0 Å². The third kappa shape index (κ3) is 3.34. The Morgan fingerprint density at radius 1 is 1.39 bits per heavy atom. The highest BCUT2D eigenvalue weighted by molar-refractivity contribution is 7.71. The molecule has 1 aliphatic rings. The summed E-state index contributed by atoms with van der Waals surface area (Å²) in [6, 6.07) is 0. The van der Waals surface area contributed by atoms with Crippen LogP contribution in [0.4, 0.5) is 0 Å². The monoisotopic (exact) mass is 332 g/mol. The molecule has 1 saturated carbocycles. The molecule has 0 bridgehead atoms. The fourth-order valence-electron chi connectivity index (χ4n) is 2.67. The topological polar surface area (TPSA) is 83.8 Å². The number of carbonyl (C=O) groups is 1. The first-order chi connectivity index (χ1) is 11.0. The number of nitrogens with one attached hydrogen (secondary N) is 2. The second kappa shape index (κ2) is 6.23. The van der Waals surface area contributed by atoms with Gasteiger partial charge in [-0.1, -0.05) is 17.4 Å². The number of hydrogen-bond donors (Lipinski definition) is 2. The van der Waals surface area contributed by atoms with Crippen molar-refractivity contribution in [2.75, 3.05) is 6.54 Å². The van der Waals surface area contributed by atoms with Gasteiger partial charge in [0, 0.05) is 23.7 Å². The largest absolute Gasteiger partial charge is 0.361 e. The van der Waals surface area contributed by atoms with Crippen LogP contribution in [0.1, 0.15) is 57.7 Å². The van der Waals surface area contributed by atoms with Crippen molar-refractivity contribution in [1.82, 2.24) is 20.4 Å². The van der Waals surface area contributed by atoms with Gasteiger partial charge in [0.05, 0.1) is 11.3 Å². The zero-order chi connectivity index (χ0) is 16.6. The number of aromatic amines is 1. The van der Waals surface area contributed by atoms with Crippen molar-refractivity contribution in [3.63, 3.8) is 0 Å². The van der Waals surface area contributed by atoms with Gasteiger partial charge < -0.3 is 14.8 Å². The Kier molecular flexibility index (Phi) is 4.30. The van der Waals surface area contributed by atoms with E-state index in [-0.39, 0.29) is 5.91 Å². The number of aromatic nitrogens is 3. The summed E-state index contributed by atoms with van der Waals surface area (Å²) >= 11 is 5.31. The lowest BCUT2D eigenvalue weighted by Crippen LogP contribution is -2.27. The van der Waals surface area contributed by atoms with Gasteiger partial charge in [0.2, 0.25) is 0 Å². The minimum Gasteiger partial charge on any atom is -0.361 e. The van der Waals surface area contributed by atoms with E-state index in [4.69, 9.17) is 16.7 Å². The predicted octanol–water partition coefficient (Wildman–Crippen LogP) is 2.90. The molecule has 2 aromatic rings. The number of rotatable bonds is 5. The van der Waals surface area contributed by atoms with Crippen LogP contribution in [0.5, 0.6) is 0 Å². The summed E-state index contributed by atoms with van der Waals surface area (Å²) < 4.78 is 5.50. The Bertz CT molecular complexity index is 785. The molecule has 2 heterocycles. The Balaban J connectivity index is 1.68. The molecule has 0 radical (unpaired) electrons. The first kappa shape index (κ1) is 15.9. The van der Waals surface area contributed by atoms with E-state index in [1.54, 1.807) is 0 Å². The molecule has 1 amide bonds. The average molecular weight is 332 g/mol. The predicted molar refractivity (Wildman–Crippen MR) is 88.1 cm³/mol. The number of aryl methyl sites for hydroxylation is 3. The molecule has 0 atom stereocenters. The fraction of sp³-hybridized carbons (Fsp3) is 0.500. The van der Waals surface area contributed by atoms with Crippen LogP contribution in [0.15, 0.2) is 4.52 Å². The van der Waals surface area contributed by atoms with Gasteiger partial charge in [-0.05, 0) is 40.0 Å². The number of H-pyrrole nitrogens is 1. The van der Waals surface area contributed by atoms with Gasteiger partial charge in [-0.3, -0.25) is 4.79 Å². The van der Waals surface area contributed by atoms with E-state index in [1.807, 2.05) is 20.8 Å². The molecule has 122 valence electrons. The van der Waals surface area contributed by atoms with Crippen molar-refractivity contribution in [2.24, 2.45) is 0 Å². The fourth-order valence-corrected chi connectivity index (χ4v) is 3.02. The van der Waals surface area contributed by atoms with E-state index < -0.39 is 0 Å². The van der Waals surface area contributed by atoms with Crippen LogP contribution in [0.3, 0.4) is 0 Å². The highest BCUT2D eigenvalue weighted by Gasteiger charge is 2.27. The minimum atomic E-state index is -0.189. The SMILES string of the molecule is Cc1noc(C)c1CCNC(=O)c1c(C)[nH]c(C2CC2)nc1=S. The second-order valence-electron chi connectivity index (χ2n) is 6.01. The first-order valence-corrected chi connectivity index (χ1v) is 8.19. The molecule has 1 fully saturated rings. The van der Waals surface area contributed by atoms with Crippen LogP contribution in [0.25, 0.3) is 0 Å². The summed E-state index contributed by atoms with van der Waals surface area (Å²) in [7, 11) is 0. The molecule has 0 spiro atoms. The zero-order valence-corrected chi connectivity index (χ0v) is 14.3. The lowest BCUT2D eigenvalue weighted by molar-refractivity contribution is 0.0952. The van der Waals surface area contributed by atoms with E-state index in [0.29, 0.717) is 29.1 Å². The highest BCUT2D eigenvalue weighted by Crippen LogP contribution is 2.38. The quantitative estimate of drug-likeness (QED) is 0.823. The van der Waals surface area contributed by atoms with E-state index in [2.05, 4.69) is 20.4 Å². The zero-order valence-electron chi connectivity index (χ0n) is 13.5. The normalized spacial score (nSPS) is 14.0. The lowest BCUT2D eigenvalue weighted by Gasteiger charge is -2.09. The Morgan fingerprint density at radius 2 is 2.13 bits per heavy atom. The van der Waals surface area contributed by atoms with Crippen LogP contribution < -0.4 is 5.32 Å². The number of hydrogen-bond acceptors (Lipinski definition) is 5. The molecule has 0 aromatic carbocycles. The average Bonchev–Trinajstić information content (AvgIpc) is 3.28. The first-order valence-electron chi connectivity index (χ1n) is 7.78. The third-order valence-corrected chi connectivity index (χ3v) is 4.45. The Labute approximate surface area is 139 Å².